The Morgan fingerprint density at radius 3 is 2.39 bits per heavy atom. The summed E-state index contributed by atoms with van der Waals surface area (Å²) < 4.78 is 4.28. The number of rotatable bonds is 10. The van der Waals surface area contributed by atoms with Gasteiger partial charge in [-0.25, -0.2) is 4.79 Å². The monoisotopic (exact) mass is 383 g/mol. The highest BCUT2D eigenvalue weighted by Crippen LogP contribution is 2.22. The molecule has 0 spiro atoms. The van der Waals surface area contributed by atoms with Crippen LogP contribution >= 0.6 is 0 Å². The molecule has 1 amide bonds. The minimum absolute atomic E-state index is 0.0867. The number of methoxy groups -OCH3 is 1. The van der Waals surface area contributed by atoms with Gasteiger partial charge in [0.1, 0.15) is 6.10 Å². The summed E-state index contributed by atoms with van der Waals surface area (Å²) in [6, 6.07) is 17.6. The molecule has 0 fully saturated rings. The van der Waals surface area contributed by atoms with E-state index in [0.717, 1.165) is 23.9 Å². The average molecular weight is 383 g/mol. The highest BCUT2D eigenvalue weighted by molar-refractivity contribution is 6.35. The number of carbonyl (C=O) groups is 3. The Bertz CT molecular complexity index is 804. The molecule has 2 N–H and O–H groups in total. The average Bonchev–Trinajstić information content (AvgIpc) is 2.73. The van der Waals surface area contributed by atoms with Gasteiger partial charge in [-0.15, -0.1) is 0 Å². The number of benzene rings is 2. The molecule has 0 radical (unpaired) electrons. The zero-order chi connectivity index (χ0) is 20.4. The summed E-state index contributed by atoms with van der Waals surface area (Å²) in [5, 5.41) is 12.5. The van der Waals surface area contributed by atoms with E-state index in [2.05, 4.69) is 10.1 Å². The number of hydrogen-bond acceptors (Lipinski definition) is 5. The highest BCUT2D eigenvalue weighted by atomic mass is 16.5. The lowest BCUT2D eigenvalue weighted by atomic mass is 10.0. The van der Waals surface area contributed by atoms with Crippen LogP contribution in [0.3, 0.4) is 0 Å². The normalized spacial score (nSPS) is 11.5. The van der Waals surface area contributed by atoms with Gasteiger partial charge < -0.3 is 15.2 Å². The Morgan fingerprint density at radius 2 is 1.68 bits per heavy atom. The van der Waals surface area contributed by atoms with Crippen LogP contribution in [0.2, 0.25) is 0 Å². The van der Waals surface area contributed by atoms with Crippen molar-refractivity contribution in [3.63, 3.8) is 0 Å². The fourth-order valence-electron chi connectivity index (χ4n) is 2.80. The van der Waals surface area contributed by atoms with Crippen LogP contribution in [0.1, 0.15) is 32.1 Å². The Morgan fingerprint density at radius 1 is 0.964 bits per heavy atom. The lowest BCUT2D eigenvalue weighted by molar-refractivity contribution is -0.155. The number of Topliss-reactive ketones (excluding diaryl/α,β-unsaturated/α-hetero) is 1. The number of amides is 1. The summed E-state index contributed by atoms with van der Waals surface area (Å²) in [6.45, 7) is 0. The van der Waals surface area contributed by atoms with E-state index >= 15 is 0 Å². The maximum atomic E-state index is 12.1. The first-order valence-corrected chi connectivity index (χ1v) is 9.27. The van der Waals surface area contributed by atoms with Crippen molar-refractivity contribution >= 4 is 23.3 Å². The van der Waals surface area contributed by atoms with Crippen LogP contribution in [0.15, 0.2) is 54.6 Å². The van der Waals surface area contributed by atoms with Crippen LogP contribution in [0.4, 0.5) is 5.69 Å². The lowest BCUT2D eigenvalue weighted by Gasteiger charge is -2.09. The molecule has 0 aliphatic heterocycles. The summed E-state index contributed by atoms with van der Waals surface area (Å²) in [6.07, 6.45) is 1.01. The van der Waals surface area contributed by atoms with Gasteiger partial charge in [-0.1, -0.05) is 55.3 Å². The minimum atomic E-state index is -1.35. The molecule has 148 valence electrons. The van der Waals surface area contributed by atoms with Crippen LogP contribution < -0.4 is 5.32 Å². The fraction of sp³-hybridized carbons (Fsp3) is 0.318. The van der Waals surface area contributed by atoms with Gasteiger partial charge in [-0.3, -0.25) is 9.59 Å². The van der Waals surface area contributed by atoms with E-state index in [1.807, 2.05) is 54.6 Å². The number of unbranched alkanes of at least 4 members (excludes halogenated alkanes) is 2. The number of hydrogen-bond donors (Lipinski definition) is 2. The van der Waals surface area contributed by atoms with Crippen molar-refractivity contribution in [1.29, 1.82) is 0 Å². The van der Waals surface area contributed by atoms with E-state index in [0.29, 0.717) is 25.7 Å². The molecule has 0 aliphatic carbocycles. The van der Waals surface area contributed by atoms with Crippen molar-refractivity contribution in [3.05, 3.63) is 54.6 Å². The van der Waals surface area contributed by atoms with Crippen LogP contribution in [-0.2, 0) is 19.1 Å². The molecule has 0 heterocycles. The number of nitrogens with one attached hydrogen (secondary N) is 1. The Hall–Kier alpha value is -2.99. The minimum Gasteiger partial charge on any atom is -0.463 e. The number of ether oxygens (including phenoxy) is 1. The van der Waals surface area contributed by atoms with Crippen LogP contribution in [-0.4, -0.2) is 36.0 Å². The molecule has 0 saturated carbocycles. The molecule has 0 aliphatic rings. The van der Waals surface area contributed by atoms with E-state index in [1.165, 1.54) is 0 Å². The number of aliphatic hydroxyl groups is 1. The van der Waals surface area contributed by atoms with Crippen molar-refractivity contribution in [2.75, 3.05) is 12.4 Å². The molecule has 0 aromatic heterocycles. The van der Waals surface area contributed by atoms with Crippen molar-refractivity contribution in [1.82, 2.24) is 0 Å². The second-order valence-corrected chi connectivity index (χ2v) is 6.47. The summed E-state index contributed by atoms with van der Waals surface area (Å²) in [4.78, 5) is 34.5. The number of esters is 1. The number of anilines is 1. The zero-order valence-electron chi connectivity index (χ0n) is 15.9. The summed E-state index contributed by atoms with van der Waals surface area (Å²) >= 11 is 0. The van der Waals surface area contributed by atoms with Gasteiger partial charge in [0.2, 0.25) is 5.91 Å². The molecule has 2 aromatic rings. The zero-order valence-corrected chi connectivity index (χ0v) is 15.9. The molecular weight excluding hydrogens is 358 g/mol. The van der Waals surface area contributed by atoms with Gasteiger partial charge >= 0.3 is 5.97 Å². The van der Waals surface area contributed by atoms with E-state index in [9.17, 15) is 19.5 Å². The molecule has 0 saturated heterocycles. The van der Waals surface area contributed by atoms with Gasteiger partial charge in [0.05, 0.1) is 7.11 Å². The Kier molecular flexibility index (Phi) is 8.37. The predicted octanol–water partition coefficient (Wildman–Crippen LogP) is 3.35. The summed E-state index contributed by atoms with van der Waals surface area (Å²) in [5.41, 5.74) is 2.85. The molecular formula is C22H25NO5. The maximum Gasteiger partial charge on any atom is 0.377 e. The van der Waals surface area contributed by atoms with E-state index in [-0.39, 0.29) is 12.3 Å². The Labute approximate surface area is 164 Å². The van der Waals surface area contributed by atoms with Gasteiger partial charge in [0, 0.05) is 12.1 Å². The summed E-state index contributed by atoms with van der Waals surface area (Å²) in [5.74, 6) is -2.06. The molecule has 2 rings (SSSR count). The van der Waals surface area contributed by atoms with Gasteiger partial charge in [-0.2, -0.15) is 0 Å². The van der Waals surface area contributed by atoms with E-state index in [1.54, 1.807) is 0 Å². The van der Waals surface area contributed by atoms with Crippen molar-refractivity contribution < 1.29 is 24.2 Å². The molecule has 2 aromatic carbocycles. The molecule has 1 unspecified atom stereocenters. The summed E-state index contributed by atoms with van der Waals surface area (Å²) in [7, 11) is 1.10. The number of ketones is 1. The quantitative estimate of drug-likeness (QED) is 0.373. The topological polar surface area (TPSA) is 92.7 Å². The first kappa shape index (κ1) is 21.3. The third-order valence-electron chi connectivity index (χ3n) is 4.32. The predicted molar refractivity (Wildman–Crippen MR) is 107 cm³/mol. The molecule has 28 heavy (non-hydrogen) atoms. The van der Waals surface area contributed by atoms with E-state index in [4.69, 9.17) is 0 Å². The van der Waals surface area contributed by atoms with Gasteiger partial charge in [0.25, 0.3) is 5.78 Å². The standard InChI is InChI=1S/C22H25NO5/c1-28-22(27)21(26)19(24)13-6-3-7-14-20(25)23-18-12-8-11-17(15-18)16-9-4-2-5-10-16/h2,4-5,8-12,15,19,24H,3,6-7,13-14H2,1H3,(H,23,25). The maximum absolute atomic E-state index is 12.1. The molecule has 6 heteroatoms. The third-order valence-corrected chi connectivity index (χ3v) is 4.32. The fourth-order valence-corrected chi connectivity index (χ4v) is 2.80. The van der Waals surface area contributed by atoms with Crippen LogP contribution in [0, 0.1) is 0 Å². The van der Waals surface area contributed by atoms with Crippen molar-refractivity contribution in [2.45, 2.75) is 38.2 Å². The van der Waals surface area contributed by atoms with E-state index < -0.39 is 17.9 Å². The largest absolute Gasteiger partial charge is 0.463 e. The second kappa shape index (κ2) is 11.0. The van der Waals surface area contributed by atoms with Crippen LogP contribution in [0.25, 0.3) is 11.1 Å². The van der Waals surface area contributed by atoms with Crippen LogP contribution in [0.5, 0.6) is 0 Å². The first-order valence-electron chi connectivity index (χ1n) is 9.27. The molecule has 0 bridgehead atoms. The van der Waals surface area contributed by atoms with Gasteiger partial charge in [-0.05, 0) is 36.1 Å². The smallest absolute Gasteiger partial charge is 0.377 e. The lowest BCUT2D eigenvalue weighted by Crippen LogP contribution is -2.29. The third kappa shape index (κ3) is 6.63. The highest BCUT2D eigenvalue weighted by Gasteiger charge is 2.23. The second-order valence-electron chi connectivity index (χ2n) is 6.47. The SMILES string of the molecule is COC(=O)C(=O)C(O)CCCCCC(=O)Nc1cccc(-c2ccccc2)c1. The van der Waals surface area contributed by atoms with Crippen molar-refractivity contribution in [3.8, 4) is 11.1 Å². The van der Waals surface area contributed by atoms with Gasteiger partial charge in [0.15, 0.2) is 0 Å². The first-order chi connectivity index (χ1) is 13.5. The molecule has 1 atom stereocenters. The molecule has 6 nitrogen and oxygen atoms in total. The van der Waals surface area contributed by atoms with Crippen molar-refractivity contribution in [2.24, 2.45) is 0 Å². The number of aliphatic hydroxyl groups excluding tert-OH is 1. The Balaban J connectivity index is 1.72. The number of carbonyl (C=O) groups excluding carboxylic acids is 3.